The van der Waals surface area contributed by atoms with Crippen molar-refractivity contribution in [3.63, 3.8) is 0 Å². The predicted molar refractivity (Wildman–Crippen MR) is 136 cm³/mol. The van der Waals surface area contributed by atoms with Crippen LogP contribution in [0.4, 0.5) is 10.5 Å². The fourth-order valence-corrected chi connectivity index (χ4v) is 5.10. The third-order valence-corrected chi connectivity index (χ3v) is 7.13. The quantitative estimate of drug-likeness (QED) is 0.427. The minimum Gasteiger partial charge on any atom is -0.360 e. The molecular weight excluding hydrogens is 466 g/mol. The molecule has 9 heteroatoms. The van der Waals surface area contributed by atoms with Crippen molar-refractivity contribution < 1.29 is 14.4 Å². The molecule has 1 saturated carbocycles. The van der Waals surface area contributed by atoms with Gasteiger partial charge < -0.3 is 20.9 Å². The highest BCUT2D eigenvalue weighted by molar-refractivity contribution is 6.35. The number of fused-ring (bicyclic) bond motifs is 1. The fourth-order valence-electron chi connectivity index (χ4n) is 4.88. The largest absolute Gasteiger partial charge is 0.360 e. The number of rotatable bonds is 5. The van der Waals surface area contributed by atoms with Crippen molar-refractivity contribution in [1.82, 2.24) is 20.9 Å². The molecule has 0 radical (unpaired) electrons. The molecule has 1 aromatic heterocycles. The molecule has 0 bridgehead atoms. The van der Waals surface area contributed by atoms with Gasteiger partial charge in [0.05, 0.1) is 5.02 Å². The van der Waals surface area contributed by atoms with Gasteiger partial charge in [-0.1, -0.05) is 30.5 Å². The van der Waals surface area contributed by atoms with Crippen molar-refractivity contribution in [2.45, 2.75) is 44.2 Å². The van der Waals surface area contributed by atoms with Crippen molar-refractivity contribution in [2.24, 2.45) is 0 Å². The van der Waals surface area contributed by atoms with Crippen LogP contribution < -0.4 is 20.9 Å². The lowest BCUT2D eigenvalue weighted by atomic mass is 9.89. The number of hydrogen-bond acceptors (Lipinski definition) is 3. The highest BCUT2D eigenvalue weighted by Crippen LogP contribution is 2.25. The van der Waals surface area contributed by atoms with Gasteiger partial charge in [0.15, 0.2) is 0 Å². The molecule has 2 atom stereocenters. The SMILES string of the molecule is O=C(NC1CCCC[C@H]1NC(=O)c1ccc2c(Cl)c[nH]c2c1)c1ccc(N2CCCNC2=O)cc1. The van der Waals surface area contributed by atoms with Gasteiger partial charge in [0.1, 0.15) is 0 Å². The average molecular weight is 494 g/mol. The van der Waals surface area contributed by atoms with Crippen LogP contribution in [0.15, 0.2) is 48.7 Å². The van der Waals surface area contributed by atoms with Crippen molar-refractivity contribution in [2.75, 3.05) is 18.0 Å². The minimum absolute atomic E-state index is 0.118. The summed E-state index contributed by atoms with van der Waals surface area (Å²) in [4.78, 5) is 42.8. The second-order valence-electron chi connectivity index (χ2n) is 9.13. The molecule has 2 heterocycles. The van der Waals surface area contributed by atoms with Crippen LogP contribution in [-0.2, 0) is 0 Å². The number of hydrogen-bond donors (Lipinski definition) is 4. The lowest BCUT2D eigenvalue weighted by Crippen LogP contribution is -2.53. The van der Waals surface area contributed by atoms with Gasteiger partial charge in [0, 0.05) is 59.1 Å². The van der Waals surface area contributed by atoms with Crippen LogP contribution in [0.1, 0.15) is 52.8 Å². The number of carbonyl (C=O) groups is 3. The Hall–Kier alpha value is -3.52. The Morgan fingerprint density at radius 1 is 0.914 bits per heavy atom. The van der Waals surface area contributed by atoms with E-state index in [4.69, 9.17) is 11.6 Å². The van der Waals surface area contributed by atoms with Crippen molar-refractivity contribution in [3.8, 4) is 0 Å². The molecule has 2 aromatic carbocycles. The summed E-state index contributed by atoms with van der Waals surface area (Å²) in [5, 5.41) is 10.6. The molecular formula is C26H28ClN5O3. The number of nitrogens with zero attached hydrogens (tertiary/aromatic N) is 1. The fraction of sp³-hybridized carbons (Fsp3) is 0.346. The average Bonchev–Trinajstić information content (AvgIpc) is 3.25. The first-order valence-electron chi connectivity index (χ1n) is 12.0. The smallest absolute Gasteiger partial charge is 0.321 e. The second kappa shape index (κ2) is 10.00. The van der Waals surface area contributed by atoms with E-state index in [0.29, 0.717) is 29.2 Å². The number of benzene rings is 2. The summed E-state index contributed by atoms with van der Waals surface area (Å²) in [7, 11) is 0. The van der Waals surface area contributed by atoms with Crippen molar-refractivity contribution in [3.05, 3.63) is 64.8 Å². The van der Waals surface area contributed by atoms with E-state index in [1.165, 1.54) is 0 Å². The van der Waals surface area contributed by atoms with E-state index in [9.17, 15) is 14.4 Å². The molecule has 4 amide bonds. The van der Waals surface area contributed by atoms with E-state index in [1.807, 2.05) is 6.07 Å². The maximum absolute atomic E-state index is 13.0. The van der Waals surface area contributed by atoms with E-state index >= 15 is 0 Å². The van der Waals surface area contributed by atoms with Crippen LogP contribution in [-0.4, -0.2) is 48.0 Å². The molecule has 1 aliphatic heterocycles. The number of nitrogens with one attached hydrogen (secondary N) is 4. The summed E-state index contributed by atoms with van der Waals surface area (Å²) in [6.45, 7) is 1.34. The van der Waals surface area contributed by atoms with Gasteiger partial charge in [0.25, 0.3) is 11.8 Å². The molecule has 3 aromatic rings. The van der Waals surface area contributed by atoms with E-state index in [2.05, 4.69) is 20.9 Å². The predicted octanol–water partition coefficient (Wildman–Crippen LogP) is 4.21. The van der Waals surface area contributed by atoms with Gasteiger partial charge in [-0.2, -0.15) is 0 Å². The Balaban J connectivity index is 1.24. The van der Waals surface area contributed by atoms with Crippen LogP contribution in [0, 0.1) is 0 Å². The van der Waals surface area contributed by atoms with Gasteiger partial charge >= 0.3 is 6.03 Å². The number of carbonyl (C=O) groups excluding carboxylic acids is 3. The van der Waals surface area contributed by atoms with Crippen LogP contribution in [0.2, 0.25) is 5.02 Å². The molecule has 0 spiro atoms. The molecule has 35 heavy (non-hydrogen) atoms. The molecule has 4 N–H and O–H groups in total. The first-order valence-corrected chi connectivity index (χ1v) is 12.4. The zero-order chi connectivity index (χ0) is 24.4. The number of aromatic nitrogens is 1. The summed E-state index contributed by atoms with van der Waals surface area (Å²) >= 11 is 6.14. The monoisotopic (exact) mass is 493 g/mol. The molecule has 1 aliphatic carbocycles. The van der Waals surface area contributed by atoms with Crippen LogP contribution in [0.25, 0.3) is 10.9 Å². The van der Waals surface area contributed by atoms with Crippen LogP contribution in [0.5, 0.6) is 0 Å². The van der Waals surface area contributed by atoms with Crippen molar-refractivity contribution >= 4 is 46.0 Å². The zero-order valence-electron chi connectivity index (χ0n) is 19.3. The highest BCUT2D eigenvalue weighted by atomic mass is 35.5. The van der Waals surface area contributed by atoms with Gasteiger partial charge in [-0.05, 0) is 55.7 Å². The molecule has 5 rings (SSSR count). The van der Waals surface area contributed by atoms with Gasteiger partial charge in [-0.15, -0.1) is 0 Å². The number of anilines is 1. The summed E-state index contributed by atoms with van der Waals surface area (Å²) in [6.07, 6.45) is 6.18. The number of halogens is 1. The zero-order valence-corrected chi connectivity index (χ0v) is 20.0. The molecule has 182 valence electrons. The van der Waals surface area contributed by atoms with Crippen LogP contribution >= 0.6 is 11.6 Å². The number of amides is 4. The summed E-state index contributed by atoms with van der Waals surface area (Å²) < 4.78 is 0. The van der Waals surface area contributed by atoms with E-state index in [0.717, 1.165) is 48.7 Å². The van der Waals surface area contributed by atoms with E-state index in [-0.39, 0.29) is 29.9 Å². The van der Waals surface area contributed by atoms with Gasteiger partial charge in [-0.25, -0.2) is 4.79 Å². The Labute approximate surface area is 208 Å². The third-order valence-electron chi connectivity index (χ3n) is 6.81. The maximum atomic E-state index is 13.0. The first kappa shape index (κ1) is 23.2. The molecule has 8 nitrogen and oxygen atoms in total. The Bertz CT molecular complexity index is 1260. The lowest BCUT2D eigenvalue weighted by molar-refractivity contribution is 0.0863. The molecule has 2 fully saturated rings. The Kier molecular flexibility index (Phi) is 6.63. The van der Waals surface area contributed by atoms with Gasteiger partial charge in [-0.3, -0.25) is 14.5 Å². The Morgan fingerprint density at radius 3 is 2.26 bits per heavy atom. The number of aromatic amines is 1. The lowest BCUT2D eigenvalue weighted by Gasteiger charge is -2.33. The van der Waals surface area contributed by atoms with E-state index in [1.54, 1.807) is 47.5 Å². The summed E-state index contributed by atoms with van der Waals surface area (Å²) in [5.41, 5.74) is 2.64. The molecule has 1 unspecified atom stereocenters. The second-order valence-corrected chi connectivity index (χ2v) is 9.53. The first-order chi connectivity index (χ1) is 17.0. The third kappa shape index (κ3) is 4.98. The Morgan fingerprint density at radius 2 is 1.57 bits per heavy atom. The van der Waals surface area contributed by atoms with Gasteiger partial charge in [0.2, 0.25) is 0 Å². The topological polar surface area (TPSA) is 106 Å². The molecule has 1 saturated heterocycles. The molecule has 2 aliphatic rings. The van der Waals surface area contributed by atoms with Crippen molar-refractivity contribution in [1.29, 1.82) is 0 Å². The summed E-state index contributed by atoms with van der Waals surface area (Å²) in [5.74, 6) is -0.360. The minimum atomic E-state index is -0.187. The summed E-state index contributed by atoms with van der Waals surface area (Å²) in [6, 6.07) is 12.0. The highest BCUT2D eigenvalue weighted by Gasteiger charge is 2.29. The number of urea groups is 1. The van der Waals surface area contributed by atoms with Crippen LogP contribution in [0.3, 0.4) is 0 Å². The standard InChI is InChI=1S/C26H28ClN5O3/c27-20-15-29-23-14-17(8-11-19(20)23)25(34)31-22-5-2-1-4-21(22)30-24(33)16-6-9-18(10-7-16)32-13-3-12-28-26(32)35/h6-11,14-15,21-22,29H,1-5,12-13H2,(H,28,35)(H,30,33)(H,31,34)/t21?,22-/m1/s1. The normalized spacial score (nSPS) is 20.4. The number of H-pyrrole nitrogens is 1. The van der Waals surface area contributed by atoms with E-state index < -0.39 is 0 Å². The maximum Gasteiger partial charge on any atom is 0.321 e.